The van der Waals surface area contributed by atoms with Crippen LogP contribution in [0.5, 0.6) is 0 Å². The van der Waals surface area contributed by atoms with Crippen molar-refractivity contribution in [2.24, 2.45) is 11.8 Å². The lowest BCUT2D eigenvalue weighted by molar-refractivity contribution is -0.136. The molecule has 4 aliphatic carbocycles. The lowest BCUT2D eigenvalue weighted by atomic mass is 9.61. The van der Waals surface area contributed by atoms with Crippen LogP contribution in [0.25, 0.3) is 33.6 Å². The Labute approximate surface area is 426 Å². The number of aromatic nitrogens is 4. The van der Waals surface area contributed by atoms with Gasteiger partial charge >= 0.3 is 12.2 Å². The summed E-state index contributed by atoms with van der Waals surface area (Å²) in [6.07, 6.45) is 12.1. The Morgan fingerprint density at radius 3 is 1.75 bits per heavy atom. The van der Waals surface area contributed by atoms with E-state index in [-0.39, 0.29) is 41.7 Å². The second-order valence-electron chi connectivity index (χ2n) is 21.6. The number of hydrogen-bond acceptors (Lipinski definition) is 9. The van der Waals surface area contributed by atoms with E-state index in [0.29, 0.717) is 19.0 Å². The molecule has 11 rings (SSSR count). The lowest BCUT2D eigenvalue weighted by Gasteiger charge is -2.48. The zero-order valence-corrected chi connectivity index (χ0v) is 42.8. The number of imidazole rings is 2. The van der Waals surface area contributed by atoms with Gasteiger partial charge in [0.05, 0.1) is 50.1 Å². The Bertz CT molecular complexity index is 3040. The normalized spacial score (nSPS) is 23.4. The zero-order valence-electron chi connectivity index (χ0n) is 42.8. The average molecular weight is 987 g/mol. The number of carbonyl (C=O) groups is 4. The van der Waals surface area contributed by atoms with Gasteiger partial charge in [0.2, 0.25) is 11.8 Å². The quantitative estimate of drug-likeness (QED) is 0.0892. The van der Waals surface area contributed by atoms with E-state index in [4.69, 9.17) is 24.2 Å². The number of carbonyl (C=O) groups excluding carboxylic acids is 4. The molecule has 15 heteroatoms. The average Bonchev–Trinajstić information content (AvgIpc) is 4.25. The van der Waals surface area contributed by atoms with Gasteiger partial charge in [-0.2, -0.15) is 0 Å². The molecule has 2 saturated heterocycles. The summed E-state index contributed by atoms with van der Waals surface area (Å²) >= 11 is 0. The van der Waals surface area contributed by atoms with Crippen molar-refractivity contribution in [2.75, 3.05) is 34.4 Å². The van der Waals surface area contributed by atoms with Gasteiger partial charge in [-0.25, -0.2) is 19.6 Å². The van der Waals surface area contributed by atoms with E-state index >= 15 is 0 Å². The van der Waals surface area contributed by atoms with E-state index < -0.39 is 29.9 Å². The lowest BCUT2D eigenvalue weighted by Crippen LogP contribution is -2.51. The van der Waals surface area contributed by atoms with Crippen LogP contribution < -0.4 is 10.6 Å². The fraction of sp³-hybridized carbons (Fsp3) is 0.448. The summed E-state index contributed by atoms with van der Waals surface area (Å²) in [4.78, 5) is 72.1. The molecule has 380 valence electrons. The molecule has 5 aromatic rings. The van der Waals surface area contributed by atoms with Crippen LogP contribution in [0.4, 0.5) is 9.59 Å². The summed E-state index contributed by atoms with van der Waals surface area (Å²) in [7, 11) is 4.48. The van der Waals surface area contributed by atoms with Crippen LogP contribution in [0.3, 0.4) is 0 Å². The highest BCUT2D eigenvalue weighted by Gasteiger charge is 2.51. The molecule has 4 N–H and O–H groups in total. The number of fused-ring (bicyclic) bond motifs is 2. The van der Waals surface area contributed by atoms with E-state index in [1.165, 1.54) is 58.8 Å². The van der Waals surface area contributed by atoms with Crippen LogP contribution in [0.2, 0.25) is 0 Å². The van der Waals surface area contributed by atoms with Crippen molar-refractivity contribution in [3.63, 3.8) is 0 Å². The first-order valence-corrected chi connectivity index (χ1v) is 26.0. The van der Waals surface area contributed by atoms with Crippen LogP contribution in [-0.4, -0.2) is 100 Å². The first kappa shape index (κ1) is 48.3. The highest BCUT2D eigenvalue weighted by molar-refractivity contribution is 5.87. The van der Waals surface area contributed by atoms with Crippen LogP contribution >= 0.6 is 0 Å². The number of amides is 4. The smallest absolute Gasteiger partial charge is 0.407 e. The van der Waals surface area contributed by atoms with Gasteiger partial charge in [0.1, 0.15) is 29.3 Å². The maximum atomic E-state index is 13.8. The Balaban J connectivity index is 0.802. The third-order valence-corrected chi connectivity index (χ3v) is 16.8. The van der Waals surface area contributed by atoms with E-state index in [1.54, 1.807) is 0 Å². The van der Waals surface area contributed by atoms with Crippen LogP contribution in [-0.2, 0) is 35.8 Å². The Hall–Kier alpha value is -7.00. The summed E-state index contributed by atoms with van der Waals surface area (Å²) in [5.74, 6) is 1.76. The number of benzene rings is 3. The molecule has 3 aromatic carbocycles. The van der Waals surface area contributed by atoms with Crippen molar-refractivity contribution in [1.29, 1.82) is 0 Å². The molecule has 2 unspecified atom stereocenters. The van der Waals surface area contributed by atoms with Crippen molar-refractivity contribution in [2.45, 2.75) is 121 Å². The molecule has 15 nitrogen and oxygen atoms in total. The van der Waals surface area contributed by atoms with E-state index in [1.807, 2.05) is 57.0 Å². The predicted octanol–water partition coefficient (Wildman–Crippen LogP) is 9.92. The van der Waals surface area contributed by atoms with Crippen molar-refractivity contribution in [3.8, 4) is 33.6 Å². The van der Waals surface area contributed by atoms with E-state index in [0.717, 1.165) is 91.1 Å². The summed E-state index contributed by atoms with van der Waals surface area (Å²) in [5, 5.41) is 5.47. The number of aromatic amines is 2. The minimum Gasteiger partial charge on any atom is -0.453 e. The van der Waals surface area contributed by atoms with Gasteiger partial charge in [0, 0.05) is 32.5 Å². The number of hydrogen-bond donors (Lipinski definition) is 4. The number of nitrogens with one attached hydrogen (secondary N) is 4. The Morgan fingerprint density at radius 1 is 0.699 bits per heavy atom. The maximum Gasteiger partial charge on any atom is 0.407 e. The molecule has 0 spiro atoms. The van der Waals surface area contributed by atoms with E-state index in [2.05, 4.69) is 87.3 Å². The number of rotatable bonds is 13. The minimum absolute atomic E-state index is 0.104. The van der Waals surface area contributed by atoms with Gasteiger partial charge in [-0.1, -0.05) is 106 Å². The molecule has 4 amide bonds. The molecular weight excluding hydrogens is 921 g/mol. The number of ether oxygens (including phenoxy) is 3. The van der Waals surface area contributed by atoms with Crippen molar-refractivity contribution >= 4 is 24.0 Å². The predicted molar refractivity (Wildman–Crippen MR) is 276 cm³/mol. The largest absolute Gasteiger partial charge is 0.453 e. The standard InChI is InChI=1S/C58H66N8O7/c1-31(2)50(63-56(69)71-5)54(67)65-20-8-10-48(65)52-59-29-46(61-52)35-16-12-33(13-17-35)41-25-40-28-58(73-7)44(40)26-39(41)23-37-22-38-24-43(45(58)27-42(37)38)34-14-18-36(19-15-34)47-30-60-53(62-47)49-11-9-21-66(49)55(68)51(32(3)4)64-57(70)72-6/h12-19,24,26-27,29-32,37,41,48-51H,8-11,20-23,25,28H2,1-7H3,(H,59,61)(H,60,62)(H,63,69)(H,64,70)/t37?,41-,48-,49-,50-,51-,58?/m0/s1. The van der Waals surface area contributed by atoms with Gasteiger partial charge in [-0.3, -0.25) is 9.59 Å². The number of allylic oxidation sites excluding steroid dienone is 1. The molecule has 6 aliphatic rings. The third kappa shape index (κ3) is 8.42. The molecule has 2 fully saturated rings. The monoisotopic (exact) mass is 987 g/mol. The molecule has 4 heterocycles. The first-order chi connectivity index (χ1) is 35.3. The van der Waals surface area contributed by atoms with Crippen LogP contribution in [0.1, 0.15) is 130 Å². The molecule has 2 aromatic heterocycles. The molecule has 0 saturated carbocycles. The van der Waals surface area contributed by atoms with Crippen molar-refractivity contribution in [3.05, 3.63) is 130 Å². The highest BCUT2D eigenvalue weighted by Crippen LogP contribution is 2.61. The maximum absolute atomic E-state index is 13.8. The second-order valence-corrected chi connectivity index (χ2v) is 21.6. The number of H-pyrrole nitrogens is 2. The van der Waals surface area contributed by atoms with E-state index in [9.17, 15) is 19.2 Å². The fourth-order valence-corrected chi connectivity index (χ4v) is 12.7. The molecule has 7 atom stereocenters. The molecule has 73 heavy (non-hydrogen) atoms. The highest BCUT2D eigenvalue weighted by atomic mass is 16.5. The number of alkyl carbamates (subject to hydrolysis) is 2. The topological polar surface area (TPSA) is 184 Å². The van der Waals surface area contributed by atoms with Crippen molar-refractivity contribution in [1.82, 2.24) is 40.4 Å². The Morgan fingerprint density at radius 2 is 1.23 bits per heavy atom. The van der Waals surface area contributed by atoms with Crippen molar-refractivity contribution < 1.29 is 33.4 Å². The third-order valence-electron chi connectivity index (χ3n) is 16.8. The summed E-state index contributed by atoms with van der Waals surface area (Å²) < 4.78 is 16.3. The molecule has 0 radical (unpaired) electrons. The number of nitrogens with zero attached hydrogens (tertiary/aromatic N) is 4. The summed E-state index contributed by atoms with van der Waals surface area (Å²) in [5.41, 5.74) is 15.3. The number of likely N-dealkylation sites (tertiary alicyclic amines) is 2. The number of methoxy groups -OCH3 is 3. The molecule has 2 aliphatic heterocycles. The summed E-state index contributed by atoms with van der Waals surface area (Å²) in [6.45, 7) is 8.88. The molecular formula is C58H66N8O7. The summed E-state index contributed by atoms with van der Waals surface area (Å²) in [6, 6.07) is 20.7. The second kappa shape index (κ2) is 19.1. The van der Waals surface area contributed by atoms with Gasteiger partial charge in [0.25, 0.3) is 0 Å². The van der Waals surface area contributed by atoms with Gasteiger partial charge < -0.3 is 44.6 Å². The Kier molecular flexibility index (Phi) is 12.6. The van der Waals surface area contributed by atoms with Gasteiger partial charge in [0.15, 0.2) is 0 Å². The van der Waals surface area contributed by atoms with Crippen LogP contribution in [0.15, 0.2) is 95.9 Å². The van der Waals surface area contributed by atoms with Gasteiger partial charge in [-0.15, -0.1) is 0 Å². The first-order valence-electron chi connectivity index (χ1n) is 26.0. The SMILES string of the molecule is COC(=O)N[C@H](C(=O)N1CCC[C@H]1c1ncc(-c2ccc(-c3cc4c5cc3C3(OC)CC6=C3C=C(CC5C4)[C@H](c3ccc(-c4cnc([C@@H]5CCCN5C(=O)[C@@H](NC(=O)OC)C(C)C)[nH]4)cc3)C6)cc2)[nH]1)C(C)C. The van der Waals surface area contributed by atoms with Gasteiger partial charge in [-0.05, 0) is 113 Å². The minimum atomic E-state index is -0.692. The van der Waals surface area contributed by atoms with Crippen LogP contribution in [0, 0.1) is 11.8 Å². The fourth-order valence-electron chi connectivity index (χ4n) is 12.7. The zero-order chi connectivity index (χ0) is 50.9. The molecule has 4 bridgehead atoms.